The van der Waals surface area contributed by atoms with Crippen molar-refractivity contribution in [1.29, 1.82) is 0 Å². The maximum Gasteiger partial charge on any atom is 0.223 e. The number of hydrogen-bond donors (Lipinski definition) is 0. The molecule has 0 unspecified atom stereocenters. The highest BCUT2D eigenvalue weighted by Gasteiger charge is 2.21. The molecule has 0 atom stereocenters. The maximum absolute atomic E-state index is 12.8. The van der Waals surface area contributed by atoms with Crippen LogP contribution >= 0.6 is 0 Å². The van der Waals surface area contributed by atoms with Gasteiger partial charge in [-0.25, -0.2) is 0 Å². The molecular weight excluding hydrogens is 308 g/mol. The standard InChI is InChI=1S/C22H24N2O/c1-2-23-15-19-13-14-24(16-18-9-6-10-20(23)22(18)19)21(25)12-11-17-7-4-3-5-8-17/h3-10,15H,2,11-14,16H2,1H3. The van der Waals surface area contributed by atoms with Gasteiger partial charge in [0.15, 0.2) is 0 Å². The molecule has 2 aromatic carbocycles. The van der Waals surface area contributed by atoms with Crippen molar-refractivity contribution in [3.05, 3.63) is 71.4 Å². The van der Waals surface area contributed by atoms with Crippen molar-refractivity contribution in [2.45, 2.75) is 39.3 Å². The fourth-order valence-electron chi connectivity index (χ4n) is 3.91. The van der Waals surface area contributed by atoms with Crippen LogP contribution in [-0.4, -0.2) is 21.9 Å². The van der Waals surface area contributed by atoms with E-state index in [0.29, 0.717) is 6.42 Å². The third kappa shape index (κ3) is 3.07. The van der Waals surface area contributed by atoms with Crippen molar-refractivity contribution in [2.24, 2.45) is 0 Å². The average Bonchev–Trinajstić information content (AvgIpc) is 2.91. The highest BCUT2D eigenvalue weighted by molar-refractivity contribution is 5.88. The maximum atomic E-state index is 12.8. The molecular formula is C22H24N2O. The van der Waals surface area contributed by atoms with E-state index in [1.807, 2.05) is 23.1 Å². The Kier molecular flexibility index (Phi) is 4.31. The lowest BCUT2D eigenvalue weighted by Crippen LogP contribution is -2.31. The van der Waals surface area contributed by atoms with Crippen molar-refractivity contribution in [1.82, 2.24) is 9.47 Å². The number of amides is 1. The first-order chi connectivity index (χ1) is 12.3. The van der Waals surface area contributed by atoms with Crippen LogP contribution < -0.4 is 0 Å². The van der Waals surface area contributed by atoms with E-state index in [-0.39, 0.29) is 5.91 Å². The molecule has 0 N–H and O–H groups in total. The summed E-state index contributed by atoms with van der Waals surface area (Å²) in [5.74, 6) is 0.259. The third-order valence-electron chi connectivity index (χ3n) is 5.25. The van der Waals surface area contributed by atoms with E-state index in [0.717, 1.165) is 32.5 Å². The second kappa shape index (κ2) is 6.75. The average molecular weight is 332 g/mol. The van der Waals surface area contributed by atoms with Gasteiger partial charge in [0.05, 0.1) is 0 Å². The molecule has 0 aliphatic carbocycles. The normalized spacial score (nSPS) is 13.9. The molecule has 0 saturated heterocycles. The Morgan fingerprint density at radius 3 is 2.68 bits per heavy atom. The van der Waals surface area contributed by atoms with Gasteiger partial charge in [0.2, 0.25) is 5.91 Å². The van der Waals surface area contributed by atoms with Crippen LogP contribution in [0.4, 0.5) is 0 Å². The predicted molar refractivity (Wildman–Crippen MR) is 101 cm³/mol. The summed E-state index contributed by atoms with van der Waals surface area (Å²) in [6, 6.07) is 16.8. The molecule has 0 bridgehead atoms. The Morgan fingerprint density at radius 1 is 1.04 bits per heavy atom. The van der Waals surface area contributed by atoms with E-state index in [4.69, 9.17) is 0 Å². The lowest BCUT2D eigenvalue weighted by Gasteiger charge is -2.21. The molecule has 0 saturated carbocycles. The predicted octanol–water partition coefficient (Wildman–Crippen LogP) is 4.18. The van der Waals surface area contributed by atoms with Crippen molar-refractivity contribution in [3.63, 3.8) is 0 Å². The quantitative estimate of drug-likeness (QED) is 0.703. The molecule has 1 aromatic heterocycles. The van der Waals surface area contributed by atoms with Crippen molar-refractivity contribution < 1.29 is 4.79 Å². The van der Waals surface area contributed by atoms with Gasteiger partial charge in [-0.1, -0.05) is 42.5 Å². The van der Waals surface area contributed by atoms with Crippen molar-refractivity contribution in [2.75, 3.05) is 6.54 Å². The zero-order valence-corrected chi connectivity index (χ0v) is 14.7. The minimum atomic E-state index is 0.259. The number of nitrogens with zero attached hydrogens (tertiary/aromatic N) is 2. The smallest absolute Gasteiger partial charge is 0.223 e. The van der Waals surface area contributed by atoms with Gasteiger partial charge in [-0.2, -0.15) is 0 Å². The zero-order valence-electron chi connectivity index (χ0n) is 14.7. The molecule has 3 heteroatoms. The molecule has 1 aliphatic rings. The van der Waals surface area contributed by atoms with Gasteiger partial charge in [0.1, 0.15) is 0 Å². The monoisotopic (exact) mass is 332 g/mol. The highest BCUT2D eigenvalue weighted by Crippen LogP contribution is 2.29. The van der Waals surface area contributed by atoms with Gasteiger partial charge in [-0.05, 0) is 42.5 Å². The zero-order chi connectivity index (χ0) is 17.2. The van der Waals surface area contributed by atoms with E-state index in [2.05, 4.69) is 48.0 Å². The van der Waals surface area contributed by atoms with Crippen LogP contribution in [0.25, 0.3) is 10.9 Å². The summed E-state index contributed by atoms with van der Waals surface area (Å²) in [6.45, 7) is 4.71. The Hall–Kier alpha value is -2.55. The molecule has 128 valence electrons. The van der Waals surface area contributed by atoms with E-state index in [9.17, 15) is 4.79 Å². The Labute approximate surface area is 148 Å². The van der Waals surface area contributed by atoms with Gasteiger partial charge < -0.3 is 9.47 Å². The first-order valence-electron chi connectivity index (χ1n) is 9.17. The summed E-state index contributed by atoms with van der Waals surface area (Å²) < 4.78 is 2.32. The lowest BCUT2D eigenvalue weighted by atomic mass is 10.1. The third-order valence-corrected chi connectivity index (χ3v) is 5.25. The molecule has 4 rings (SSSR count). The molecule has 3 aromatic rings. The van der Waals surface area contributed by atoms with Gasteiger partial charge >= 0.3 is 0 Å². The first kappa shape index (κ1) is 15.9. The number of benzene rings is 2. The van der Waals surface area contributed by atoms with Crippen molar-refractivity contribution in [3.8, 4) is 0 Å². The minimum absolute atomic E-state index is 0.259. The molecule has 3 nitrogen and oxygen atoms in total. The Bertz CT molecular complexity index is 895. The molecule has 1 aliphatic heterocycles. The summed E-state index contributed by atoms with van der Waals surface area (Å²) in [5.41, 5.74) is 5.19. The van der Waals surface area contributed by atoms with Gasteiger partial charge in [0.25, 0.3) is 0 Å². The largest absolute Gasteiger partial charge is 0.347 e. The van der Waals surface area contributed by atoms with Gasteiger partial charge in [-0.3, -0.25) is 4.79 Å². The SMILES string of the molecule is CCn1cc2c3c(cccc31)CN(C(=O)CCc1ccccc1)CC2. The number of carbonyl (C=O) groups is 1. The highest BCUT2D eigenvalue weighted by atomic mass is 16.2. The van der Waals surface area contributed by atoms with Crippen LogP contribution in [0.1, 0.15) is 30.0 Å². The fourth-order valence-corrected chi connectivity index (χ4v) is 3.91. The van der Waals surface area contributed by atoms with E-state index in [1.54, 1.807) is 0 Å². The molecule has 25 heavy (non-hydrogen) atoms. The van der Waals surface area contributed by atoms with Crippen LogP contribution in [0.15, 0.2) is 54.7 Å². The summed E-state index contributed by atoms with van der Waals surface area (Å²) in [5, 5.41) is 1.36. The number of aryl methyl sites for hydroxylation is 2. The van der Waals surface area contributed by atoms with Crippen LogP contribution in [0.3, 0.4) is 0 Å². The van der Waals surface area contributed by atoms with Crippen LogP contribution in [0.2, 0.25) is 0 Å². The molecule has 0 spiro atoms. The second-order valence-electron chi connectivity index (χ2n) is 6.80. The lowest BCUT2D eigenvalue weighted by molar-refractivity contribution is -0.131. The van der Waals surface area contributed by atoms with Crippen LogP contribution in [0, 0.1) is 0 Å². The van der Waals surface area contributed by atoms with Gasteiger partial charge in [0, 0.05) is 43.2 Å². The van der Waals surface area contributed by atoms with E-state index < -0.39 is 0 Å². The summed E-state index contributed by atoms with van der Waals surface area (Å²) in [7, 11) is 0. The van der Waals surface area contributed by atoms with Gasteiger partial charge in [-0.15, -0.1) is 0 Å². The topological polar surface area (TPSA) is 25.2 Å². The van der Waals surface area contributed by atoms with E-state index >= 15 is 0 Å². The number of aromatic nitrogens is 1. The summed E-state index contributed by atoms with van der Waals surface area (Å²) in [6.07, 6.45) is 4.61. The summed E-state index contributed by atoms with van der Waals surface area (Å²) >= 11 is 0. The fraction of sp³-hybridized carbons (Fsp3) is 0.318. The Morgan fingerprint density at radius 2 is 1.88 bits per heavy atom. The summed E-state index contributed by atoms with van der Waals surface area (Å²) in [4.78, 5) is 14.8. The van der Waals surface area contributed by atoms with Crippen LogP contribution in [0.5, 0.6) is 0 Å². The molecule has 0 radical (unpaired) electrons. The molecule has 1 amide bonds. The van der Waals surface area contributed by atoms with Crippen LogP contribution in [-0.2, 0) is 30.7 Å². The second-order valence-corrected chi connectivity index (χ2v) is 6.80. The number of rotatable bonds is 4. The first-order valence-corrected chi connectivity index (χ1v) is 9.17. The molecule has 2 heterocycles. The van der Waals surface area contributed by atoms with E-state index in [1.165, 1.54) is 27.6 Å². The Balaban J connectivity index is 1.53. The number of hydrogen-bond acceptors (Lipinski definition) is 1. The number of carbonyl (C=O) groups excluding carboxylic acids is 1. The molecule has 0 fully saturated rings. The minimum Gasteiger partial charge on any atom is -0.347 e. The van der Waals surface area contributed by atoms with Crippen molar-refractivity contribution >= 4 is 16.8 Å².